The quantitative estimate of drug-likeness (QED) is 0.748. The summed E-state index contributed by atoms with van der Waals surface area (Å²) < 4.78 is 0. The van der Waals surface area contributed by atoms with Crippen molar-refractivity contribution in [1.82, 2.24) is 0 Å². The van der Waals surface area contributed by atoms with Gasteiger partial charge in [0, 0.05) is 24.4 Å². The third kappa shape index (κ3) is 11.9. The summed E-state index contributed by atoms with van der Waals surface area (Å²) in [6.07, 6.45) is 2.23. The summed E-state index contributed by atoms with van der Waals surface area (Å²) in [5.74, 6) is 0.909. The van der Waals surface area contributed by atoms with E-state index in [0.29, 0.717) is 18.1 Å². The van der Waals surface area contributed by atoms with Gasteiger partial charge in [-0.25, -0.2) is 0 Å². The standard InChI is InChI=1S/C9H18O.C6H13NO2/c1-7(2)5-6-9(10)8(3)4;1-6(2,3-4-8)5(7)9/h7-8H,5-6H2,1-4H3;8H,3-4H2,1-2H3,(H2,7,9). The molecule has 0 aromatic heterocycles. The van der Waals surface area contributed by atoms with Crippen LogP contribution in [0.3, 0.4) is 0 Å². The maximum atomic E-state index is 11.0. The Labute approximate surface area is 117 Å². The molecule has 0 atom stereocenters. The highest BCUT2D eigenvalue weighted by atomic mass is 16.3. The van der Waals surface area contributed by atoms with Crippen molar-refractivity contribution in [2.45, 2.75) is 60.8 Å². The maximum Gasteiger partial charge on any atom is 0.223 e. The van der Waals surface area contributed by atoms with E-state index in [9.17, 15) is 9.59 Å². The number of rotatable bonds is 7. The first-order chi connectivity index (χ1) is 8.54. The smallest absolute Gasteiger partial charge is 0.223 e. The number of hydrogen-bond acceptors (Lipinski definition) is 3. The minimum Gasteiger partial charge on any atom is -0.396 e. The van der Waals surface area contributed by atoms with E-state index in [1.165, 1.54) is 0 Å². The lowest BCUT2D eigenvalue weighted by molar-refractivity contribution is -0.126. The molecular weight excluding hydrogens is 242 g/mol. The molecule has 114 valence electrons. The van der Waals surface area contributed by atoms with Crippen LogP contribution in [0.2, 0.25) is 0 Å². The number of aliphatic hydroxyl groups is 1. The fourth-order valence-corrected chi connectivity index (χ4v) is 1.12. The summed E-state index contributed by atoms with van der Waals surface area (Å²) in [7, 11) is 0. The Hall–Kier alpha value is -0.900. The largest absolute Gasteiger partial charge is 0.396 e. The second-order valence-electron chi connectivity index (χ2n) is 6.28. The predicted molar refractivity (Wildman–Crippen MR) is 78.6 cm³/mol. The molecule has 0 saturated heterocycles. The first-order valence-corrected chi connectivity index (χ1v) is 6.98. The molecule has 19 heavy (non-hydrogen) atoms. The number of amides is 1. The summed E-state index contributed by atoms with van der Waals surface area (Å²) in [6.45, 7) is 11.7. The van der Waals surface area contributed by atoms with Gasteiger partial charge >= 0.3 is 0 Å². The average molecular weight is 273 g/mol. The van der Waals surface area contributed by atoms with Crippen LogP contribution >= 0.6 is 0 Å². The fraction of sp³-hybridized carbons (Fsp3) is 0.867. The Bertz CT molecular complexity index is 271. The van der Waals surface area contributed by atoms with Crippen molar-refractivity contribution in [1.29, 1.82) is 0 Å². The zero-order valence-electron chi connectivity index (χ0n) is 13.3. The summed E-state index contributed by atoms with van der Waals surface area (Å²) in [5.41, 5.74) is 4.45. The highest BCUT2D eigenvalue weighted by Gasteiger charge is 2.23. The van der Waals surface area contributed by atoms with E-state index >= 15 is 0 Å². The van der Waals surface area contributed by atoms with E-state index in [2.05, 4.69) is 13.8 Å². The number of carbonyl (C=O) groups excluding carboxylic acids is 2. The van der Waals surface area contributed by atoms with Crippen molar-refractivity contribution >= 4 is 11.7 Å². The SMILES string of the molecule is CC(C)(CCO)C(N)=O.CC(C)CCC(=O)C(C)C. The van der Waals surface area contributed by atoms with Crippen molar-refractivity contribution in [2.24, 2.45) is 23.0 Å². The molecule has 0 rings (SSSR count). The van der Waals surface area contributed by atoms with Crippen LogP contribution in [0.1, 0.15) is 60.8 Å². The molecule has 0 spiro atoms. The van der Waals surface area contributed by atoms with Crippen molar-refractivity contribution in [2.75, 3.05) is 6.61 Å². The number of ketones is 1. The van der Waals surface area contributed by atoms with Crippen LogP contribution in [0.15, 0.2) is 0 Å². The van der Waals surface area contributed by atoms with Gasteiger partial charge in [-0.15, -0.1) is 0 Å². The molecule has 0 bridgehead atoms. The first kappa shape index (κ1) is 20.4. The lowest BCUT2D eigenvalue weighted by Crippen LogP contribution is -2.32. The molecule has 4 heteroatoms. The van der Waals surface area contributed by atoms with E-state index in [1.54, 1.807) is 13.8 Å². The van der Waals surface area contributed by atoms with Crippen molar-refractivity contribution in [3.63, 3.8) is 0 Å². The van der Waals surface area contributed by atoms with Gasteiger partial charge in [0.15, 0.2) is 0 Å². The van der Waals surface area contributed by atoms with Crippen molar-refractivity contribution < 1.29 is 14.7 Å². The molecule has 0 unspecified atom stereocenters. The van der Waals surface area contributed by atoms with Gasteiger partial charge in [0.05, 0.1) is 0 Å². The molecule has 0 aliphatic rings. The van der Waals surface area contributed by atoms with E-state index in [-0.39, 0.29) is 18.4 Å². The van der Waals surface area contributed by atoms with Gasteiger partial charge in [0.25, 0.3) is 0 Å². The number of aliphatic hydroxyl groups excluding tert-OH is 1. The van der Waals surface area contributed by atoms with E-state index in [0.717, 1.165) is 12.8 Å². The zero-order valence-corrected chi connectivity index (χ0v) is 13.3. The van der Waals surface area contributed by atoms with E-state index in [1.807, 2.05) is 13.8 Å². The fourth-order valence-electron chi connectivity index (χ4n) is 1.12. The Balaban J connectivity index is 0. The monoisotopic (exact) mass is 273 g/mol. The number of carbonyl (C=O) groups is 2. The number of nitrogens with two attached hydrogens (primary N) is 1. The second-order valence-corrected chi connectivity index (χ2v) is 6.28. The molecule has 0 aromatic carbocycles. The molecule has 0 radical (unpaired) electrons. The van der Waals surface area contributed by atoms with Gasteiger partial charge < -0.3 is 10.8 Å². The molecule has 0 aliphatic carbocycles. The lowest BCUT2D eigenvalue weighted by Gasteiger charge is -2.17. The van der Waals surface area contributed by atoms with E-state index in [4.69, 9.17) is 10.8 Å². The highest BCUT2D eigenvalue weighted by molar-refractivity contribution is 5.80. The van der Waals surface area contributed by atoms with Gasteiger partial charge in [-0.2, -0.15) is 0 Å². The Kier molecular flexibility index (Phi) is 10.7. The zero-order chi connectivity index (χ0) is 15.6. The third-order valence-electron chi connectivity index (χ3n) is 3.02. The molecule has 3 N–H and O–H groups in total. The van der Waals surface area contributed by atoms with Crippen LogP contribution in [-0.2, 0) is 9.59 Å². The summed E-state index contributed by atoms with van der Waals surface area (Å²) in [6, 6.07) is 0. The Morgan fingerprint density at radius 1 is 1.16 bits per heavy atom. The minimum atomic E-state index is -0.561. The summed E-state index contributed by atoms with van der Waals surface area (Å²) >= 11 is 0. The summed E-state index contributed by atoms with van der Waals surface area (Å²) in [5, 5.41) is 8.44. The molecule has 1 amide bonds. The number of hydrogen-bond donors (Lipinski definition) is 2. The lowest BCUT2D eigenvalue weighted by atomic mass is 9.89. The molecule has 0 aromatic rings. The number of primary amides is 1. The van der Waals surface area contributed by atoms with Gasteiger partial charge in [-0.1, -0.05) is 41.5 Å². The highest BCUT2D eigenvalue weighted by Crippen LogP contribution is 2.17. The van der Waals surface area contributed by atoms with Gasteiger partial charge in [-0.05, 0) is 18.8 Å². The maximum absolute atomic E-state index is 11.0. The van der Waals surface area contributed by atoms with Crippen LogP contribution in [0.4, 0.5) is 0 Å². The molecule has 0 fully saturated rings. The Morgan fingerprint density at radius 2 is 1.63 bits per heavy atom. The summed E-state index contributed by atoms with van der Waals surface area (Å²) in [4.78, 5) is 21.6. The van der Waals surface area contributed by atoms with Crippen LogP contribution < -0.4 is 5.73 Å². The third-order valence-corrected chi connectivity index (χ3v) is 3.02. The molecular formula is C15H31NO3. The predicted octanol–water partition coefficient (Wildman–Crippen LogP) is 2.53. The normalized spacial score (nSPS) is 11.2. The van der Waals surface area contributed by atoms with Crippen LogP contribution in [0.5, 0.6) is 0 Å². The Morgan fingerprint density at radius 3 is 1.84 bits per heavy atom. The van der Waals surface area contributed by atoms with Gasteiger partial charge in [0.1, 0.15) is 5.78 Å². The van der Waals surface area contributed by atoms with Gasteiger partial charge in [0.2, 0.25) is 5.91 Å². The molecule has 0 heterocycles. The molecule has 0 saturated carbocycles. The van der Waals surface area contributed by atoms with Crippen LogP contribution in [0, 0.1) is 17.3 Å². The topological polar surface area (TPSA) is 80.4 Å². The van der Waals surface area contributed by atoms with Crippen LogP contribution in [-0.4, -0.2) is 23.4 Å². The molecule has 0 aliphatic heterocycles. The van der Waals surface area contributed by atoms with Gasteiger partial charge in [-0.3, -0.25) is 9.59 Å². The second kappa shape index (κ2) is 9.96. The van der Waals surface area contributed by atoms with Crippen molar-refractivity contribution in [3.8, 4) is 0 Å². The van der Waals surface area contributed by atoms with E-state index < -0.39 is 5.41 Å². The average Bonchev–Trinajstić information content (AvgIpc) is 2.26. The van der Waals surface area contributed by atoms with Crippen LogP contribution in [0.25, 0.3) is 0 Å². The molecule has 4 nitrogen and oxygen atoms in total. The first-order valence-electron chi connectivity index (χ1n) is 6.98. The minimum absolute atomic E-state index is 0.00986. The van der Waals surface area contributed by atoms with Crippen molar-refractivity contribution in [3.05, 3.63) is 0 Å². The number of Topliss-reactive ketones (excluding diaryl/α,β-unsaturated/α-hetero) is 1.